The molecule has 2 unspecified atom stereocenters. The molecule has 0 spiro atoms. The molecule has 3 nitrogen and oxygen atoms in total. The van der Waals surface area contributed by atoms with Gasteiger partial charge < -0.3 is 10.6 Å². The number of halogens is 1. The summed E-state index contributed by atoms with van der Waals surface area (Å²) in [7, 11) is 0. The molecule has 2 atom stereocenters. The highest BCUT2D eigenvalue weighted by Crippen LogP contribution is 2.23. The van der Waals surface area contributed by atoms with Gasteiger partial charge >= 0.3 is 0 Å². The van der Waals surface area contributed by atoms with E-state index in [0.717, 1.165) is 19.4 Å². The third kappa shape index (κ3) is 1.35. The lowest BCUT2D eigenvalue weighted by Crippen LogP contribution is -2.69. The van der Waals surface area contributed by atoms with Crippen molar-refractivity contribution >= 4 is 18.3 Å². The zero-order valence-electron chi connectivity index (χ0n) is 6.52. The Bertz CT molecular complexity index is 175. The summed E-state index contributed by atoms with van der Waals surface area (Å²) in [6.07, 6.45) is 2.12. The molecule has 64 valence electrons. The van der Waals surface area contributed by atoms with Gasteiger partial charge in [0.05, 0.1) is 6.04 Å². The van der Waals surface area contributed by atoms with Crippen LogP contribution in [0.1, 0.15) is 19.8 Å². The molecule has 3 aliphatic rings. The molecule has 0 saturated carbocycles. The summed E-state index contributed by atoms with van der Waals surface area (Å²) in [4.78, 5) is 11.1. The van der Waals surface area contributed by atoms with Crippen LogP contribution in [0, 0.1) is 0 Å². The summed E-state index contributed by atoms with van der Waals surface area (Å²) in [5, 5.41) is 6.19. The molecule has 2 bridgehead atoms. The summed E-state index contributed by atoms with van der Waals surface area (Å²) in [6.45, 7) is 3.02. The Kier molecular flexibility index (Phi) is 2.12. The molecule has 3 heterocycles. The lowest BCUT2D eigenvalue weighted by Gasteiger charge is -2.44. The number of fused-ring (bicyclic) bond motifs is 3. The van der Waals surface area contributed by atoms with Crippen LogP contribution in [0.2, 0.25) is 0 Å². The van der Waals surface area contributed by atoms with Gasteiger partial charge in [-0.15, -0.1) is 12.4 Å². The second kappa shape index (κ2) is 2.64. The first-order chi connectivity index (χ1) is 4.70. The van der Waals surface area contributed by atoms with E-state index in [9.17, 15) is 4.79 Å². The molecule has 4 heteroatoms. The van der Waals surface area contributed by atoms with Crippen molar-refractivity contribution in [2.24, 2.45) is 0 Å². The Labute approximate surface area is 72.3 Å². The molecule has 0 aliphatic carbocycles. The number of hydrogen-bond donors (Lipinski definition) is 2. The first-order valence-electron chi connectivity index (χ1n) is 3.75. The van der Waals surface area contributed by atoms with Gasteiger partial charge in [0.25, 0.3) is 0 Å². The molecular weight excluding hydrogens is 164 g/mol. The quantitative estimate of drug-likeness (QED) is 0.548. The average molecular weight is 177 g/mol. The molecule has 1 amide bonds. The van der Waals surface area contributed by atoms with E-state index < -0.39 is 0 Å². The van der Waals surface area contributed by atoms with Crippen LogP contribution in [-0.2, 0) is 4.79 Å². The van der Waals surface area contributed by atoms with Crippen LogP contribution in [-0.4, -0.2) is 24.0 Å². The highest BCUT2D eigenvalue weighted by Gasteiger charge is 2.40. The summed E-state index contributed by atoms with van der Waals surface area (Å²) in [5.41, 5.74) is 0.0475. The van der Waals surface area contributed by atoms with E-state index in [0.29, 0.717) is 0 Å². The number of rotatable bonds is 0. The van der Waals surface area contributed by atoms with Crippen molar-refractivity contribution in [1.29, 1.82) is 0 Å². The zero-order chi connectivity index (χ0) is 7.19. The van der Waals surface area contributed by atoms with Gasteiger partial charge in [-0.2, -0.15) is 0 Å². The third-order valence-corrected chi connectivity index (χ3v) is 2.46. The normalized spacial score (nSPS) is 41.2. The van der Waals surface area contributed by atoms with E-state index in [-0.39, 0.29) is 29.9 Å². The van der Waals surface area contributed by atoms with Crippen molar-refractivity contribution in [3.63, 3.8) is 0 Å². The standard InChI is InChI=1S/C7H12N2O.ClH/c1-7-3-2-5(8-4-7)6(10)9-7;/h5,8H,2-4H2,1H3,(H,9,10);1H. The van der Waals surface area contributed by atoms with E-state index >= 15 is 0 Å². The van der Waals surface area contributed by atoms with Crippen LogP contribution in [0.25, 0.3) is 0 Å². The van der Waals surface area contributed by atoms with Gasteiger partial charge in [-0.1, -0.05) is 0 Å². The first-order valence-corrected chi connectivity index (χ1v) is 3.75. The van der Waals surface area contributed by atoms with Gasteiger partial charge in [-0.25, -0.2) is 0 Å². The topological polar surface area (TPSA) is 41.1 Å². The molecular formula is C7H13ClN2O. The van der Waals surface area contributed by atoms with Crippen LogP contribution in [0.15, 0.2) is 0 Å². The number of carbonyl (C=O) groups is 1. The molecule has 3 saturated heterocycles. The molecule has 0 radical (unpaired) electrons. The monoisotopic (exact) mass is 176 g/mol. The highest BCUT2D eigenvalue weighted by molar-refractivity contribution is 5.85. The van der Waals surface area contributed by atoms with Crippen LogP contribution in [0.3, 0.4) is 0 Å². The molecule has 0 aromatic heterocycles. The molecule has 3 aliphatic heterocycles. The minimum Gasteiger partial charge on any atom is -0.348 e. The molecule has 0 aromatic rings. The van der Waals surface area contributed by atoms with Crippen LogP contribution < -0.4 is 10.6 Å². The predicted octanol–water partition coefficient (Wildman–Crippen LogP) is 0.0487. The second-order valence-corrected chi connectivity index (χ2v) is 3.52. The van der Waals surface area contributed by atoms with Crippen molar-refractivity contribution < 1.29 is 4.79 Å². The Morgan fingerprint density at radius 3 is 2.64 bits per heavy atom. The maximum absolute atomic E-state index is 11.1. The van der Waals surface area contributed by atoms with Crippen LogP contribution in [0.4, 0.5) is 0 Å². The van der Waals surface area contributed by atoms with Crippen molar-refractivity contribution in [3.05, 3.63) is 0 Å². The summed E-state index contributed by atoms with van der Waals surface area (Å²) in [5.74, 6) is 0.181. The zero-order valence-corrected chi connectivity index (χ0v) is 7.33. The van der Waals surface area contributed by atoms with E-state index in [1.165, 1.54) is 0 Å². The van der Waals surface area contributed by atoms with E-state index in [1.807, 2.05) is 0 Å². The fourth-order valence-electron chi connectivity index (χ4n) is 1.72. The minimum atomic E-state index is 0. The highest BCUT2D eigenvalue weighted by atomic mass is 35.5. The minimum absolute atomic E-state index is 0. The van der Waals surface area contributed by atoms with Crippen molar-refractivity contribution in [1.82, 2.24) is 10.6 Å². The van der Waals surface area contributed by atoms with Crippen LogP contribution in [0.5, 0.6) is 0 Å². The fraction of sp³-hybridized carbons (Fsp3) is 0.857. The molecule has 2 N–H and O–H groups in total. The Balaban J connectivity index is 0.000000605. The van der Waals surface area contributed by atoms with Gasteiger partial charge in [-0.05, 0) is 19.8 Å². The number of nitrogens with one attached hydrogen (secondary N) is 2. The molecule has 3 rings (SSSR count). The average Bonchev–Trinajstić information content (AvgIpc) is 1.87. The van der Waals surface area contributed by atoms with Gasteiger partial charge in [0.1, 0.15) is 0 Å². The lowest BCUT2D eigenvalue weighted by atomic mass is 9.84. The van der Waals surface area contributed by atoms with E-state index in [1.54, 1.807) is 0 Å². The van der Waals surface area contributed by atoms with E-state index in [4.69, 9.17) is 0 Å². The van der Waals surface area contributed by atoms with Crippen LogP contribution >= 0.6 is 12.4 Å². The predicted molar refractivity (Wildman–Crippen MR) is 44.8 cm³/mol. The SMILES string of the molecule is CC12CCC(NC1)C(=O)N2.Cl. The number of hydrogen-bond acceptors (Lipinski definition) is 2. The van der Waals surface area contributed by atoms with Gasteiger partial charge in [-0.3, -0.25) is 4.79 Å². The Hall–Kier alpha value is -0.280. The van der Waals surface area contributed by atoms with Crippen molar-refractivity contribution in [2.45, 2.75) is 31.3 Å². The summed E-state index contributed by atoms with van der Waals surface area (Å²) >= 11 is 0. The van der Waals surface area contributed by atoms with Gasteiger partial charge in [0, 0.05) is 12.1 Å². The second-order valence-electron chi connectivity index (χ2n) is 3.52. The lowest BCUT2D eigenvalue weighted by molar-refractivity contribution is -0.130. The molecule has 0 aromatic carbocycles. The fourth-order valence-corrected chi connectivity index (χ4v) is 1.72. The number of piperazine rings is 1. The number of amides is 1. The largest absolute Gasteiger partial charge is 0.348 e. The Morgan fingerprint density at radius 2 is 2.36 bits per heavy atom. The van der Waals surface area contributed by atoms with E-state index in [2.05, 4.69) is 17.6 Å². The van der Waals surface area contributed by atoms with Crippen molar-refractivity contribution in [3.8, 4) is 0 Å². The summed E-state index contributed by atoms with van der Waals surface area (Å²) in [6, 6.07) is 0.0989. The Morgan fingerprint density at radius 1 is 1.64 bits per heavy atom. The molecule has 3 fully saturated rings. The first kappa shape index (κ1) is 8.81. The number of piperidine rings is 2. The number of carbonyl (C=O) groups excluding carboxylic acids is 1. The smallest absolute Gasteiger partial charge is 0.237 e. The summed E-state index contributed by atoms with van der Waals surface area (Å²) < 4.78 is 0. The third-order valence-electron chi connectivity index (χ3n) is 2.46. The maximum atomic E-state index is 11.1. The molecule has 11 heavy (non-hydrogen) atoms. The van der Waals surface area contributed by atoms with Gasteiger partial charge in [0.2, 0.25) is 5.91 Å². The van der Waals surface area contributed by atoms with Gasteiger partial charge in [0.15, 0.2) is 0 Å². The van der Waals surface area contributed by atoms with Crippen molar-refractivity contribution in [2.75, 3.05) is 6.54 Å². The maximum Gasteiger partial charge on any atom is 0.237 e.